The molecule has 1 saturated carbocycles. The van der Waals surface area contributed by atoms with E-state index in [2.05, 4.69) is 5.32 Å². The molecular formula is C29H39N3O6S. The molecule has 4 rings (SSSR count). The van der Waals surface area contributed by atoms with E-state index in [-0.39, 0.29) is 37.6 Å². The van der Waals surface area contributed by atoms with Gasteiger partial charge < -0.3 is 19.7 Å². The molecule has 2 aromatic rings. The summed E-state index contributed by atoms with van der Waals surface area (Å²) in [6, 6.07) is 12.5. The summed E-state index contributed by atoms with van der Waals surface area (Å²) in [6.07, 6.45) is 6.18. The van der Waals surface area contributed by atoms with Crippen LogP contribution in [0.25, 0.3) is 0 Å². The number of nitrogens with one attached hydrogen (secondary N) is 1. The van der Waals surface area contributed by atoms with Crippen LogP contribution in [0.2, 0.25) is 0 Å². The molecule has 10 heteroatoms. The first kappa shape index (κ1) is 28.7. The summed E-state index contributed by atoms with van der Waals surface area (Å²) in [5.41, 5.74) is 2.51. The Kier molecular flexibility index (Phi) is 9.37. The lowest BCUT2D eigenvalue weighted by atomic mass is 10.1. The van der Waals surface area contributed by atoms with Crippen LogP contribution in [-0.4, -0.2) is 56.8 Å². The van der Waals surface area contributed by atoms with E-state index in [9.17, 15) is 18.0 Å². The molecule has 0 unspecified atom stereocenters. The molecule has 0 aromatic heterocycles. The highest BCUT2D eigenvalue weighted by Gasteiger charge is 2.31. The molecule has 1 heterocycles. The Morgan fingerprint density at radius 1 is 1.05 bits per heavy atom. The minimum Gasteiger partial charge on any atom is -0.454 e. The SMILES string of the molecule is CC[C@H](C(=O)NC1CCCC1)N(Cc1ccc(C)cc1)C(=O)CCCN(c1ccc2c(c1)OCO2)S(C)(=O)=O. The third kappa shape index (κ3) is 7.44. The van der Waals surface area contributed by atoms with Gasteiger partial charge in [0.2, 0.25) is 28.6 Å². The van der Waals surface area contributed by atoms with Crippen molar-refractivity contribution in [2.24, 2.45) is 0 Å². The molecule has 0 radical (unpaired) electrons. The number of fused-ring (bicyclic) bond motifs is 1. The van der Waals surface area contributed by atoms with Crippen molar-refractivity contribution in [3.8, 4) is 11.5 Å². The highest BCUT2D eigenvalue weighted by molar-refractivity contribution is 7.92. The van der Waals surface area contributed by atoms with E-state index < -0.39 is 16.1 Å². The van der Waals surface area contributed by atoms with Crippen molar-refractivity contribution in [2.75, 3.05) is 23.9 Å². The summed E-state index contributed by atoms with van der Waals surface area (Å²) >= 11 is 0. The Balaban J connectivity index is 1.47. The summed E-state index contributed by atoms with van der Waals surface area (Å²) in [5, 5.41) is 3.15. The molecule has 1 aliphatic carbocycles. The second kappa shape index (κ2) is 12.7. The largest absolute Gasteiger partial charge is 0.454 e. The highest BCUT2D eigenvalue weighted by atomic mass is 32.2. The fourth-order valence-electron chi connectivity index (χ4n) is 5.22. The Morgan fingerprint density at radius 3 is 2.41 bits per heavy atom. The second-order valence-corrected chi connectivity index (χ2v) is 12.3. The lowest BCUT2D eigenvalue weighted by Gasteiger charge is -2.32. The van der Waals surface area contributed by atoms with Crippen LogP contribution in [0.1, 0.15) is 63.0 Å². The number of nitrogens with zero attached hydrogens (tertiary/aromatic N) is 2. The van der Waals surface area contributed by atoms with E-state index >= 15 is 0 Å². The monoisotopic (exact) mass is 557 g/mol. The average molecular weight is 558 g/mol. The van der Waals surface area contributed by atoms with Crippen molar-refractivity contribution < 1.29 is 27.5 Å². The van der Waals surface area contributed by atoms with Gasteiger partial charge in [-0.1, -0.05) is 49.6 Å². The Morgan fingerprint density at radius 2 is 1.74 bits per heavy atom. The molecule has 2 aliphatic rings. The van der Waals surface area contributed by atoms with Crippen molar-refractivity contribution >= 4 is 27.5 Å². The number of hydrogen-bond acceptors (Lipinski definition) is 6. The van der Waals surface area contributed by atoms with E-state index in [0.29, 0.717) is 36.6 Å². The van der Waals surface area contributed by atoms with Crippen LogP contribution in [0.5, 0.6) is 11.5 Å². The molecule has 0 spiro atoms. The first-order valence-corrected chi connectivity index (χ1v) is 15.5. The topological polar surface area (TPSA) is 105 Å². The zero-order valence-electron chi connectivity index (χ0n) is 23.0. The molecule has 1 fully saturated rings. The third-order valence-corrected chi connectivity index (χ3v) is 8.55. The summed E-state index contributed by atoms with van der Waals surface area (Å²) < 4.78 is 37.3. The van der Waals surface area contributed by atoms with Gasteiger partial charge in [0, 0.05) is 31.6 Å². The number of carbonyl (C=O) groups excluding carboxylic acids is 2. The minimum atomic E-state index is -3.61. The van der Waals surface area contributed by atoms with Gasteiger partial charge in [-0.2, -0.15) is 0 Å². The van der Waals surface area contributed by atoms with Crippen LogP contribution in [0.4, 0.5) is 5.69 Å². The van der Waals surface area contributed by atoms with Crippen LogP contribution in [0.15, 0.2) is 42.5 Å². The maximum atomic E-state index is 13.6. The van der Waals surface area contributed by atoms with Gasteiger partial charge in [0.1, 0.15) is 6.04 Å². The molecule has 1 atom stereocenters. The average Bonchev–Trinajstić information content (AvgIpc) is 3.58. The van der Waals surface area contributed by atoms with Crippen molar-refractivity contribution in [1.29, 1.82) is 0 Å². The minimum absolute atomic E-state index is 0.0932. The normalized spacial score (nSPS) is 15.7. The number of rotatable bonds is 12. The lowest BCUT2D eigenvalue weighted by molar-refractivity contribution is -0.141. The standard InChI is InChI=1S/C29H39N3O6S/c1-4-25(29(34)30-23-8-5-6-9-23)31(19-22-13-11-21(2)12-14-22)28(33)10-7-17-32(39(3,35)36)24-15-16-26-27(18-24)38-20-37-26/h11-16,18,23,25H,4-10,17,19-20H2,1-3H3,(H,30,34)/t25-/m1/s1. The smallest absolute Gasteiger partial charge is 0.243 e. The van der Waals surface area contributed by atoms with Gasteiger partial charge in [-0.15, -0.1) is 0 Å². The molecule has 39 heavy (non-hydrogen) atoms. The van der Waals surface area contributed by atoms with Crippen LogP contribution in [0, 0.1) is 6.92 Å². The number of amides is 2. The van der Waals surface area contributed by atoms with E-state index in [0.717, 1.165) is 43.1 Å². The van der Waals surface area contributed by atoms with Gasteiger partial charge in [0.15, 0.2) is 11.5 Å². The van der Waals surface area contributed by atoms with Crippen molar-refractivity contribution in [3.63, 3.8) is 0 Å². The maximum absolute atomic E-state index is 13.6. The van der Waals surface area contributed by atoms with Gasteiger partial charge in [-0.05, 0) is 50.3 Å². The maximum Gasteiger partial charge on any atom is 0.243 e. The number of ether oxygens (including phenoxy) is 2. The van der Waals surface area contributed by atoms with Gasteiger partial charge in [0.05, 0.1) is 11.9 Å². The van der Waals surface area contributed by atoms with E-state index in [1.165, 1.54) is 4.31 Å². The first-order valence-electron chi connectivity index (χ1n) is 13.7. The second-order valence-electron chi connectivity index (χ2n) is 10.4. The Labute approximate surface area is 231 Å². The van der Waals surface area contributed by atoms with Crippen molar-refractivity contribution in [3.05, 3.63) is 53.6 Å². The van der Waals surface area contributed by atoms with Crippen LogP contribution >= 0.6 is 0 Å². The highest BCUT2D eigenvalue weighted by Crippen LogP contribution is 2.36. The molecule has 2 aromatic carbocycles. The summed E-state index contributed by atoms with van der Waals surface area (Å²) in [7, 11) is -3.61. The first-order chi connectivity index (χ1) is 18.7. The fourth-order valence-corrected chi connectivity index (χ4v) is 6.18. The predicted octanol–water partition coefficient (Wildman–Crippen LogP) is 4.14. The number of sulfonamides is 1. The molecule has 0 saturated heterocycles. The summed E-state index contributed by atoms with van der Waals surface area (Å²) in [4.78, 5) is 28.6. The van der Waals surface area contributed by atoms with Crippen LogP contribution in [0.3, 0.4) is 0 Å². The molecule has 9 nitrogen and oxygen atoms in total. The molecule has 1 aliphatic heterocycles. The van der Waals surface area contributed by atoms with Crippen molar-refractivity contribution in [1.82, 2.24) is 10.2 Å². The van der Waals surface area contributed by atoms with Crippen molar-refractivity contribution in [2.45, 2.75) is 77.4 Å². The van der Waals surface area contributed by atoms with Gasteiger partial charge >= 0.3 is 0 Å². The quantitative estimate of drug-likeness (QED) is 0.421. The summed E-state index contributed by atoms with van der Waals surface area (Å²) in [5.74, 6) is 0.752. The summed E-state index contributed by atoms with van der Waals surface area (Å²) in [6.45, 7) is 4.45. The van der Waals surface area contributed by atoms with Gasteiger partial charge in [-0.25, -0.2) is 8.42 Å². The van der Waals surface area contributed by atoms with E-state index in [1.54, 1.807) is 23.1 Å². The molecule has 1 N–H and O–H groups in total. The Bertz CT molecular complexity index is 1260. The zero-order chi connectivity index (χ0) is 28.0. The number of hydrogen-bond donors (Lipinski definition) is 1. The van der Waals surface area contributed by atoms with E-state index in [1.807, 2.05) is 38.1 Å². The fraction of sp³-hybridized carbons (Fsp3) is 0.517. The molecule has 212 valence electrons. The van der Waals surface area contributed by atoms with Gasteiger partial charge in [0.25, 0.3) is 0 Å². The number of carbonyl (C=O) groups is 2. The van der Waals surface area contributed by atoms with Crippen LogP contribution in [-0.2, 0) is 26.2 Å². The number of benzene rings is 2. The molecule has 0 bridgehead atoms. The molecule has 2 amide bonds. The zero-order valence-corrected chi connectivity index (χ0v) is 23.8. The van der Waals surface area contributed by atoms with E-state index in [4.69, 9.17) is 9.47 Å². The number of aryl methyl sites for hydroxylation is 1. The number of anilines is 1. The van der Waals surface area contributed by atoms with Crippen LogP contribution < -0.4 is 19.1 Å². The Hall–Kier alpha value is -3.27. The third-order valence-electron chi connectivity index (χ3n) is 7.36. The van der Waals surface area contributed by atoms with Gasteiger partial charge in [-0.3, -0.25) is 13.9 Å². The lowest BCUT2D eigenvalue weighted by Crippen LogP contribution is -2.51. The molecular weight excluding hydrogens is 518 g/mol. The predicted molar refractivity (Wildman–Crippen MR) is 150 cm³/mol.